The van der Waals surface area contributed by atoms with Crippen LogP contribution in [0, 0.1) is 6.92 Å². The van der Waals surface area contributed by atoms with Gasteiger partial charge < -0.3 is 10.2 Å². The fourth-order valence-electron chi connectivity index (χ4n) is 2.89. The van der Waals surface area contributed by atoms with Crippen molar-refractivity contribution in [2.75, 3.05) is 0 Å². The van der Waals surface area contributed by atoms with Crippen molar-refractivity contribution in [3.63, 3.8) is 0 Å². The van der Waals surface area contributed by atoms with Crippen LogP contribution in [0.3, 0.4) is 0 Å². The van der Waals surface area contributed by atoms with Crippen molar-refractivity contribution in [2.24, 2.45) is 0 Å². The van der Waals surface area contributed by atoms with Gasteiger partial charge in [-0.1, -0.05) is 41.4 Å². The van der Waals surface area contributed by atoms with Crippen molar-refractivity contribution in [1.29, 1.82) is 0 Å². The van der Waals surface area contributed by atoms with Crippen LogP contribution in [0.1, 0.15) is 21.6 Å². The Morgan fingerprint density at radius 3 is 2.50 bits per heavy atom. The summed E-state index contributed by atoms with van der Waals surface area (Å²) in [5.74, 6) is -0.249. The van der Waals surface area contributed by atoms with Crippen LogP contribution in [-0.4, -0.2) is 27.0 Å². The summed E-state index contributed by atoms with van der Waals surface area (Å²) >= 11 is 11.9. The summed E-state index contributed by atoms with van der Waals surface area (Å²) < 4.78 is 1.56. The van der Waals surface area contributed by atoms with Gasteiger partial charge in [-0.3, -0.25) is 9.36 Å². The van der Waals surface area contributed by atoms with Gasteiger partial charge in [0.2, 0.25) is 0 Å². The van der Waals surface area contributed by atoms with Crippen LogP contribution in [0.2, 0.25) is 10.0 Å². The molecule has 0 bridgehead atoms. The molecule has 0 saturated carbocycles. The third-order valence-electron chi connectivity index (χ3n) is 4.00. The number of aromatic nitrogens is 1. The van der Waals surface area contributed by atoms with Gasteiger partial charge >= 0.3 is 0 Å². The maximum atomic E-state index is 13.0. The Balaban J connectivity index is 2.20. The number of para-hydroxylation sites is 1. The SMILES string of the molecule is Cc1c(CC(O)O)c2ccccc2n1C(=O)c1ccc(Cl)c(Cl)c1. The van der Waals surface area contributed by atoms with Crippen molar-refractivity contribution in [1.82, 2.24) is 4.57 Å². The van der Waals surface area contributed by atoms with Gasteiger partial charge in [0.15, 0.2) is 6.29 Å². The van der Waals surface area contributed by atoms with E-state index in [1.807, 2.05) is 24.3 Å². The molecule has 2 N–H and O–H groups in total. The van der Waals surface area contributed by atoms with E-state index >= 15 is 0 Å². The van der Waals surface area contributed by atoms with E-state index in [1.165, 1.54) is 6.07 Å². The molecule has 0 aliphatic heterocycles. The zero-order valence-corrected chi connectivity index (χ0v) is 14.3. The van der Waals surface area contributed by atoms with Gasteiger partial charge in [0, 0.05) is 23.1 Å². The normalized spacial score (nSPS) is 11.4. The number of aliphatic hydroxyl groups is 2. The lowest BCUT2D eigenvalue weighted by Gasteiger charge is -2.09. The van der Waals surface area contributed by atoms with Crippen molar-refractivity contribution in [2.45, 2.75) is 19.6 Å². The van der Waals surface area contributed by atoms with Crippen LogP contribution < -0.4 is 0 Å². The molecule has 0 saturated heterocycles. The average molecular weight is 364 g/mol. The maximum Gasteiger partial charge on any atom is 0.262 e. The molecule has 0 spiro atoms. The van der Waals surface area contributed by atoms with Gasteiger partial charge in [-0.2, -0.15) is 0 Å². The molecule has 24 heavy (non-hydrogen) atoms. The molecular weight excluding hydrogens is 349 g/mol. The Hall–Kier alpha value is -1.85. The Kier molecular flexibility index (Phi) is 4.65. The molecule has 1 heterocycles. The summed E-state index contributed by atoms with van der Waals surface area (Å²) in [5.41, 5.74) is 2.51. The van der Waals surface area contributed by atoms with Gasteiger partial charge in [-0.25, -0.2) is 0 Å². The first-order chi connectivity index (χ1) is 11.4. The highest BCUT2D eigenvalue weighted by Crippen LogP contribution is 2.29. The smallest absolute Gasteiger partial charge is 0.262 e. The van der Waals surface area contributed by atoms with Crippen molar-refractivity contribution < 1.29 is 15.0 Å². The molecule has 2 aromatic carbocycles. The number of carbonyl (C=O) groups is 1. The molecule has 124 valence electrons. The molecular formula is C18H15Cl2NO3. The molecule has 0 amide bonds. The summed E-state index contributed by atoms with van der Waals surface area (Å²) in [6.45, 7) is 1.78. The van der Waals surface area contributed by atoms with Crippen molar-refractivity contribution in [3.8, 4) is 0 Å². The van der Waals surface area contributed by atoms with Crippen LogP contribution in [0.5, 0.6) is 0 Å². The summed E-state index contributed by atoms with van der Waals surface area (Å²) in [6.07, 6.45) is -1.43. The summed E-state index contributed by atoms with van der Waals surface area (Å²) in [6, 6.07) is 12.1. The van der Waals surface area contributed by atoms with Crippen LogP contribution in [0.25, 0.3) is 10.9 Å². The van der Waals surface area contributed by atoms with E-state index in [0.717, 1.165) is 10.9 Å². The Morgan fingerprint density at radius 2 is 1.83 bits per heavy atom. The summed E-state index contributed by atoms with van der Waals surface area (Å²) in [5, 5.41) is 20.2. The zero-order valence-electron chi connectivity index (χ0n) is 12.8. The fraction of sp³-hybridized carbons (Fsp3) is 0.167. The van der Waals surface area contributed by atoms with E-state index in [4.69, 9.17) is 23.2 Å². The van der Waals surface area contributed by atoms with E-state index in [0.29, 0.717) is 26.8 Å². The average Bonchev–Trinajstić information content (AvgIpc) is 2.81. The minimum atomic E-state index is -1.48. The topological polar surface area (TPSA) is 62.5 Å². The van der Waals surface area contributed by atoms with Crippen molar-refractivity contribution in [3.05, 3.63) is 69.3 Å². The molecule has 0 atom stereocenters. The molecule has 0 radical (unpaired) electrons. The molecule has 3 aromatic rings. The first kappa shape index (κ1) is 17.0. The second-order valence-corrected chi connectivity index (χ2v) is 6.35. The minimum absolute atomic E-state index is 0.0496. The molecule has 3 rings (SSSR count). The van der Waals surface area contributed by atoms with Gasteiger partial charge in [-0.05, 0) is 36.8 Å². The molecule has 0 unspecified atom stereocenters. The molecule has 0 aliphatic carbocycles. The highest BCUT2D eigenvalue weighted by molar-refractivity contribution is 6.42. The second kappa shape index (κ2) is 6.57. The summed E-state index contributed by atoms with van der Waals surface area (Å²) in [7, 11) is 0. The Bertz CT molecular complexity index is 931. The fourth-order valence-corrected chi connectivity index (χ4v) is 3.19. The van der Waals surface area contributed by atoms with Gasteiger partial charge in [0.1, 0.15) is 0 Å². The number of aliphatic hydroxyl groups excluding tert-OH is 1. The lowest BCUT2D eigenvalue weighted by atomic mass is 10.1. The summed E-state index contributed by atoms with van der Waals surface area (Å²) in [4.78, 5) is 13.0. The number of nitrogens with zero attached hydrogens (tertiary/aromatic N) is 1. The molecule has 4 nitrogen and oxygen atoms in total. The maximum absolute atomic E-state index is 13.0. The van der Waals surface area contributed by atoms with Crippen LogP contribution in [-0.2, 0) is 6.42 Å². The zero-order chi connectivity index (χ0) is 17.4. The van der Waals surface area contributed by atoms with Crippen LogP contribution in [0.15, 0.2) is 42.5 Å². The minimum Gasteiger partial charge on any atom is -0.368 e. The van der Waals surface area contributed by atoms with Gasteiger partial charge in [0.05, 0.1) is 15.6 Å². The lowest BCUT2D eigenvalue weighted by Crippen LogP contribution is -2.15. The number of rotatable bonds is 3. The number of fused-ring (bicyclic) bond motifs is 1. The highest BCUT2D eigenvalue weighted by atomic mass is 35.5. The number of halogens is 2. The van der Waals surface area contributed by atoms with Crippen molar-refractivity contribution >= 4 is 40.0 Å². The molecule has 1 aromatic heterocycles. The molecule has 6 heteroatoms. The first-order valence-electron chi connectivity index (χ1n) is 7.35. The second-order valence-electron chi connectivity index (χ2n) is 5.54. The lowest BCUT2D eigenvalue weighted by molar-refractivity contribution is -0.0380. The third kappa shape index (κ3) is 2.94. The number of benzene rings is 2. The van der Waals surface area contributed by atoms with E-state index in [2.05, 4.69) is 0 Å². The monoisotopic (exact) mass is 363 g/mol. The van der Waals surface area contributed by atoms with E-state index in [-0.39, 0.29) is 12.3 Å². The molecule has 0 aliphatic rings. The predicted octanol–water partition coefficient (Wildman–Crippen LogP) is 3.80. The Morgan fingerprint density at radius 1 is 1.12 bits per heavy atom. The van der Waals surface area contributed by atoms with E-state index in [1.54, 1.807) is 23.6 Å². The largest absolute Gasteiger partial charge is 0.368 e. The molecule has 0 fully saturated rings. The van der Waals surface area contributed by atoms with E-state index in [9.17, 15) is 15.0 Å². The highest BCUT2D eigenvalue weighted by Gasteiger charge is 2.21. The standard InChI is InChI=1S/C18H15Cl2NO3/c1-10-13(9-17(22)23)12-4-2-3-5-16(12)21(10)18(24)11-6-7-14(19)15(20)8-11/h2-8,17,22-23H,9H2,1H3. The van der Waals surface area contributed by atoms with Crippen LogP contribution in [0.4, 0.5) is 0 Å². The Labute approximate surface area is 148 Å². The van der Waals surface area contributed by atoms with Crippen LogP contribution >= 0.6 is 23.2 Å². The number of hydrogen-bond acceptors (Lipinski definition) is 3. The van der Waals surface area contributed by atoms with Gasteiger partial charge in [0.25, 0.3) is 5.91 Å². The predicted molar refractivity (Wildman–Crippen MR) is 94.8 cm³/mol. The van der Waals surface area contributed by atoms with Gasteiger partial charge in [-0.15, -0.1) is 0 Å². The third-order valence-corrected chi connectivity index (χ3v) is 4.74. The number of hydrogen-bond donors (Lipinski definition) is 2. The number of carbonyl (C=O) groups excluding carboxylic acids is 1. The van der Waals surface area contributed by atoms with E-state index < -0.39 is 6.29 Å². The quantitative estimate of drug-likeness (QED) is 0.695. The first-order valence-corrected chi connectivity index (χ1v) is 8.10.